The van der Waals surface area contributed by atoms with Crippen LogP contribution in [0.4, 0.5) is 4.79 Å². The standard InChI is InChI=1S/C18H24N4O3/c23-17(15-3-5-19-6-4-15)21-11-14-1-2-16(13-21)22(12-14)18(24)20-7-9-25-10-8-20/h3-6,14,16H,1-2,7-13H2/t14-,16+/m1/s1. The summed E-state index contributed by atoms with van der Waals surface area (Å²) in [6.07, 6.45) is 5.35. The van der Waals surface area contributed by atoms with Gasteiger partial charge in [-0.2, -0.15) is 0 Å². The first-order valence-corrected chi connectivity index (χ1v) is 9.05. The highest BCUT2D eigenvalue weighted by Crippen LogP contribution is 2.29. The lowest BCUT2D eigenvalue weighted by Gasteiger charge is -2.40. The molecule has 0 unspecified atom stereocenters. The highest BCUT2D eigenvalue weighted by atomic mass is 16.5. The Morgan fingerprint density at radius 3 is 2.52 bits per heavy atom. The molecule has 134 valence electrons. The summed E-state index contributed by atoms with van der Waals surface area (Å²) in [5, 5.41) is 0. The molecule has 5 heterocycles. The van der Waals surface area contributed by atoms with Crippen molar-refractivity contribution in [1.29, 1.82) is 0 Å². The molecule has 4 aliphatic heterocycles. The van der Waals surface area contributed by atoms with E-state index < -0.39 is 0 Å². The van der Waals surface area contributed by atoms with Gasteiger partial charge in [-0.25, -0.2) is 4.79 Å². The number of ether oxygens (including phenoxy) is 1. The van der Waals surface area contributed by atoms with Gasteiger partial charge in [-0.1, -0.05) is 0 Å². The molecule has 0 radical (unpaired) electrons. The minimum absolute atomic E-state index is 0.0416. The van der Waals surface area contributed by atoms with E-state index in [0.717, 1.165) is 25.9 Å². The van der Waals surface area contributed by atoms with Gasteiger partial charge in [0.15, 0.2) is 0 Å². The second-order valence-corrected chi connectivity index (χ2v) is 7.08. The number of pyridine rings is 1. The number of nitrogens with zero attached hydrogens (tertiary/aromatic N) is 4. The Labute approximate surface area is 147 Å². The Hall–Kier alpha value is -2.15. The molecule has 5 rings (SSSR count). The molecule has 25 heavy (non-hydrogen) atoms. The summed E-state index contributed by atoms with van der Waals surface area (Å²) in [6.45, 7) is 4.64. The molecule has 2 bridgehead atoms. The average molecular weight is 344 g/mol. The van der Waals surface area contributed by atoms with Gasteiger partial charge in [-0.15, -0.1) is 0 Å². The van der Waals surface area contributed by atoms with E-state index in [1.165, 1.54) is 0 Å². The lowest BCUT2D eigenvalue weighted by Crippen LogP contribution is -2.55. The third-order valence-corrected chi connectivity index (χ3v) is 5.46. The van der Waals surface area contributed by atoms with Gasteiger partial charge >= 0.3 is 6.03 Å². The van der Waals surface area contributed by atoms with E-state index in [0.29, 0.717) is 44.3 Å². The Morgan fingerprint density at radius 1 is 1.00 bits per heavy atom. The maximum atomic E-state index is 12.9. The van der Waals surface area contributed by atoms with Crippen molar-refractivity contribution in [2.24, 2.45) is 5.92 Å². The number of hydrogen-bond donors (Lipinski definition) is 0. The summed E-state index contributed by atoms with van der Waals surface area (Å²) >= 11 is 0. The van der Waals surface area contributed by atoms with E-state index in [1.54, 1.807) is 24.5 Å². The molecule has 0 spiro atoms. The SMILES string of the molecule is O=C(c1ccncc1)N1C[C@H]2CC[C@@H](C1)N(C(=O)N1CCOCC1)C2. The maximum absolute atomic E-state index is 12.9. The zero-order valence-electron chi connectivity index (χ0n) is 14.3. The Bertz CT molecular complexity index is 632. The van der Waals surface area contributed by atoms with Crippen LogP contribution >= 0.6 is 0 Å². The van der Waals surface area contributed by atoms with E-state index >= 15 is 0 Å². The van der Waals surface area contributed by atoms with E-state index in [4.69, 9.17) is 4.74 Å². The molecule has 4 aliphatic rings. The Morgan fingerprint density at radius 2 is 1.76 bits per heavy atom. The molecule has 4 saturated heterocycles. The molecule has 0 saturated carbocycles. The first kappa shape index (κ1) is 16.3. The van der Waals surface area contributed by atoms with Crippen molar-refractivity contribution in [3.8, 4) is 0 Å². The van der Waals surface area contributed by atoms with Crippen LogP contribution in [0.5, 0.6) is 0 Å². The lowest BCUT2D eigenvalue weighted by atomic mass is 9.95. The normalized spacial score (nSPS) is 26.5. The van der Waals surface area contributed by atoms with Crippen LogP contribution in [0.25, 0.3) is 0 Å². The fourth-order valence-electron chi connectivity index (χ4n) is 4.10. The number of urea groups is 1. The maximum Gasteiger partial charge on any atom is 0.320 e. The molecule has 1 aromatic rings. The molecule has 3 amide bonds. The van der Waals surface area contributed by atoms with Crippen LogP contribution in [0.2, 0.25) is 0 Å². The van der Waals surface area contributed by atoms with Gasteiger partial charge in [0, 0.05) is 50.7 Å². The third-order valence-electron chi connectivity index (χ3n) is 5.46. The van der Waals surface area contributed by atoms with Crippen LogP contribution in [0.3, 0.4) is 0 Å². The van der Waals surface area contributed by atoms with Gasteiger partial charge in [-0.05, 0) is 30.9 Å². The van der Waals surface area contributed by atoms with Crippen LogP contribution in [0, 0.1) is 5.92 Å². The molecule has 1 aromatic heterocycles. The minimum atomic E-state index is 0.0416. The summed E-state index contributed by atoms with van der Waals surface area (Å²) in [5.74, 6) is 0.398. The molecular formula is C18H24N4O3. The number of hydrogen-bond acceptors (Lipinski definition) is 4. The van der Waals surface area contributed by atoms with Crippen LogP contribution in [0.1, 0.15) is 23.2 Å². The van der Waals surface area contributed by atoms with Crippen molar-refractivity contribution < 1.29 is 14.3 Å². The molecular weight excluding hydrogens is 320 g/mol. The Kier molecular flexibility index (Phi) is 4.57. The van der Waals surface area contributed by atoms with Gasteiger partial charge in [-0.3, -0.25) is 9.78 Å². The number of rotatable bonds is 1. The molecule has 0 N–H and O–H groups in total. The van der Waals surface area contributed by atoms with Gasteiger partial charge in [0.2, 0.25) is 0 Å². The highest BCUT2D eigenvalue weighted by molar-refractivity contribution is 5.94. The summed E-state index contributed by atoms with van der Waals surface area (Å²) < 4.78 is 5.35. The summed E-state index contributed by atoms with van der Waals surface area (Å²) in [5.41, 5.74) is 0.669. The number of carbonyl (C=O) groups excluding carboxylic acids is 2. The first-order valence-electron chi connectivity index (χ1n) is 9.05. The number of carbonyl (C=O) groups is 2. The van der Waals surface area contributed by atoms with Gasteiger partial charge < -0.3 is 19.4 Å². The monoisotopic (exact) mass is 344 g/mol. The van der Waals surface area contributed by atoms with Gasteiger partial charge in [0.25, 0.3) is 5.91 Å². The quantitative estimate of drug-likeness (QED) is 0.764. The van der Waals surface area contributed by atoms with Crippen molar-refractivity contribution >= 4 is 11.9 Å². The van der Waals surface area contributed by atoms with E-state index in [9.17, 15) is 9.59 Å². The lowest BCUT2D eigenvalue weighted by molar-refractivity contribution is 0.0340. The number of morpholine rings is 1. The molecule has 2 atom stereocenters. The molecule has 0 aliphatic carbocycles. The van der Waals surface area contributed by atoms with E-state index in [1.807, 2.05) is 14.7 Å². The topological polar surface area (TPSA) is 66.0 Å². The minimum Gasteiger partial charge on any atom is -0.378 e. The zero-order valence-corrected chi connectivity index (χ0v) is 14.3. The zero-order chi connectivity index (χ0) is 17.2. The second-order valence-electron chi connectivity index (χ2n) is 7.08. The second kappa shape index (κ2) is 7.00. The Balaban J connectivity index is 1.48. The molecule has 7 nitrogen and oxygen atoms in total. The van der Waals surface area contributed by atoms with Gasteiger partial charge in [0.1, 0.15) is 0 Å². The molecule has 0 aromatic carbocycles. The summed E-state index contributed by atoms with van der Waals surface area (Å²) in [7, 11) is 0. The van der Waals surface area contributed by atoms with Crippen molar-refractivity contribution in [1.82, 2.24) is 19.7 Å². The van der Waals surface area contributed by atoms with Crippen LogP contribution in [-0.4, -0.2) is 83.6 Å². The number of aromatic nitrogens is 1. The number of amides is 3. The average Bonchev–Trinajstić information content (AvgIpc) is 3.00. The van der Waals surface area contributed by atoms with Crippen LogP contribution < -0.4 is 0 Å². The van der Waals surface area contributed by atoms with Crippen molar-refractivity contribution in [2.45, 2.75) is 18.9 Å². The first-order chi connectivity index (χ1) is 12.2. The summed E-state index contributed by atoms with van der Waals surface area (Å²) in [4.78, 5) is 35.5. The summed E-state index contributed by atoms with van der Waals surface area (Å²) in [6, 6.07) is 3.73. The fraction of sp³-hybridized carbons (Fsp3) is 0.611. The predicted molar refractivity (Wildman–Crippen MR) is 91.1 cm³/mol. The third kappa shape index (κ3) is 3.33. The largest absolute Gasteiger partial charge is 0.378 e. The van der Waals surface area contributed by atoms with E-state index in [2.05, 4.69) is 4.98 Å². The van der Waals surface area contributed by atoms with E-state index in [-0.39, 0.29) is 18.0 Å². The smallest absolute Gasteiger partial charge is 0.320 e. The number of fused-ring (bicyclic) bond motifs is 4. The van der Waals surface area contributed by atoms with Gasteiger partial charge in [0.05, 0.1) is 19.3 Å². The highest BCUT2D eigenvalue weighted by Gasteiger charge is 2.40. The number of piperidine rings is 1. The van der Waals surface area contributed by atoms with Crippen LogP contribution in [0.15, 0.2) is 24.5 Å². The fourth-order valence-corrected chi connectivity index (χ4v) is 4.10. The van der Waals surface area contributed by atoms with Crippen LogP contribution in [-0.2, 0) is 4.74 Å². The van der Waals surface area contributed by atoms with Crippen molar-refractivity contribution in [2.75, 3.05) is 45.9 Å². The molecule has 4 fully saturated rings. The van der Waals surface area contributed by atoms with Crippen molar-refractivity contribution in [3.63, 3.8) is 0 Å². The van der Waals surface area contributed by atoms with Crippen molar-refractivity contribution in [3.05, 3.63) is 30.1 Å². The molecule has 7 heteroatoms. The predicted octanol–water partition coefficient (Wildman–Crippen LogP) is 1.07.